The zero-order valence-corrected chi connectivity index (χ0v) is 15.4. The third kappa shape index (κ3) is 4.12. The Morgan fingerprint density at radius 1 is 1.27 bits per heavy atom. The van der Waals surface area contributed by atoms with E-state index in [1.165, 1.54) is 24.8 Å². The smallest absolute Gasteiger partial charge is 0.191 e. The Balaban J connectivity index is 0.00000176. The van der Waals surface area contributed by atoms with Gasteiger partial charge in [-0.25, -0.2) is 4.39 Å². The van der Waals surface area contributed by atoms with Gasteiger partial charge in [0.05, 0.1) is 6.54 Å². The Kier molecular flexibility index (Phi) is 6.06. The number of hydrogen-bond acceptors (Lipinski definition) is 1. The number of aliphatic imine (C=N–C) groups is 1. The van der Waals surface area contributed by atoms with Crippen molar-refractivity contribution in [2.24, 2.45) is 4.99 Å². The summed E-state index contributed by atoms with van der Waals surface area (Å²) >= 11 is 0. The number of benzene rings is 1. The number of halogens is 2. The molecule has 22 heavy (non-hydrogen) atoms. The van der Waals surface area contributed by atoms with E-state index < -0.39 is 0 Å². The Bertz CT molecular complexity index is 507. The molecule has 0 amide bonds. The second-order valence-corrected chi connectivity index (χ2v) is 6.25. The van der Waals surface area contributed by atoms with Crippen LogP contribution in [0, 0.1) is 5.82 Å². The van der Waals surface area contributed by atoms with Crippen molar-refractivity contribution in [3.05, 3.63) is 35.6 Å². The normalized spacial score (nSPS) is 19.8. The number of hydrogen-bond donors (Lipinski definition) is 2. The molecule has 3 nitrogen and oxygen atoms in total. The molecule has 5 heteroatoms. The van der Waals surface area contributed by atoms with Crippen molar-refractivity contribution in [2.45, 2.75) is 50.5 Å². The van der Waals surface area contributed by atoms with Gasteiger partial charge in [-0.05, 0) is 50.3 Å². The Morgan fingerprint density at radius 2 is 1.95 bits per heavy atom. The summed E-state index contributed by atoms with van der Waals surface area (Å²) in [5.74, 6) is 0.758. The van der Waals surface area contributed by atoms with Crippen molar-refractivity contribution in [3.63, 3.8) is 0 Å². The van der Waals surface area contributed by atoms with Gasteiger partial charge in [0.15, 0.2) is 5.96 Å². The second kappa shape index (κ2) is 7.62. The molecular weight excluding hydrogens is 392 g/mol. The summed E-state index contributed by atoms with van der Waals surface area (Å²) in [6, 6.07) is 7.57. The van der Waals surface area contributed by atoms with Gasteiger partial charge in [-0.15, -0.1) is 24.0 Å². The largest absolute Gasteiger partial charge is 0.357 e. The molecule has 0 radical (unpaired) electrons. The minimum absolute atomic E-state index is 0. The molecule has 122 valence electrons. The van der Waals surface area contributed by atoms with E-state index in [1.807, 2.05) is 12.1 Å². The van der Waals surface area contributed by atoms with E-state index in [9.17, 15) is 4.39 Å². The third-order valence-corrected chi connectivity index (χ3v) is 4.57. The van der Waals surface area contributed by atoms with Gasteiger partial charge in [-0.1, -0.05) is 18.6 Å². The molecule has 3 rings (SSSR count). The monoisotopic (exact) mass is 417 g/mol. The second-order valence-electron chi connectivity index (χ2n) is 6.25. The van der Waals surface area contributed by atoms with E-state index in [0.717, 1.165) is 31.9 Å². The van der Waals surface area contributed by atoms with Crippen LogP contribution in [0.2, 0.25) is 0 Å². The lowest BCUT2D eigenvalue weighted by atomic mass is 9.64. The van der Waals surface area contributed by atoms with Gasteiger partial charge < -0.3 is 10.6 Å². The van der Waals surface area contributed by atoms with Gasteiger partial charge in [0.25, 0.3) is 0 Å². The van der Waals surface area contributed by atoms with Crippen LogP contribution in [-0.4, -0.2) is 25.1 Å². The first kappa shape index (κ1) is 17.5. The standard InChI is InChI=1S/C17H24FN3.HI/c1-2-19-16(21-15-8-9-15)20-12-17(10-3-11-17)13-4-6-14(18)7-5-13;/h4-7,15H,2-3,8-12H2,1H3,(H2,19,20,21);1H. The van der Waals surface area contributed by atoms with Crippen LogP contribution in [0.1, 0.15) is 44.6 Å². The number of rotatable bonds is 5. The van der Waals surface area contributed by atoms with E-state index in [1.54, 1.807) is 12.1 Å². The lowest BCUT2D eigenvalue weighted by molar-refractivity contribution is 0.253. The van der Waals surface area contributed by atoms with Gasteiger partial charge in [-0.3, -0.25) is 4.99 Å². The Morgan fingerprint density at radius 3 is 2.45 bits per heavy atom. The Hall–Kier alpha value is -0.850. The molecule has 0 atom stereocenters. The van der Waals surface area contributed by atoms with Crippen LogP contribution < -0.4 is 10.6 Å². The highest BCUT2D eigenvalue weighted by Crippen LogP contribution is 2.44. The van der Waals surface area contributed by atoms with Gasteiger partial charge >= 0.3 is 0 Å². The van der Waals surface area contributed by atoms with Crippen LogP contribution in [0.25, 0.3) is 0 Å². The molecule has 2 aliphatic carbocycles. The van der Waals surface area contributed by atoms with Crippen molar-refractivity contribution >= 4 is 29.9 Å². The first-order valence-corrected chi connectivity index (χ1v) is 8.03. The molecule has 0 bridgehead atoms. The molecule has 2 aliphatic rings. The minimum Gasteiger partial charge on any atom is -0.357 e. The van der Waals surface area contributed by atoms with Gasteiger partial charge in [0.2, 0.25) is 0 Å². The van der Waals surface area contributed by atoms with Gasteiger partial charge in [0, 0.05) is 18.0 Å². The fourth-order valence-electron chi connectivity index (χ4n) is 2.92. The molecule has 0 saturated heterocycles. The predicted molar refractivity (Wildman–Crippen MR) is 99.5 cm³/mol. The van der Waals surface area contributed by atoms with Gasteiger partial charge in [-0.2, -0.15) is 0 Å². The maximum Gasteiger partial charge on any atom is 0.191 e. The zero-order chi connectivity index (χ0) is 14.7. The maximum absolute atomic E-state index is 13.1. The number of nitrogens with zero attached hydrogens (tertiary/aromatic N) is 1. The molecule has 0 heterocycles. The van der Waals surface area contributed by atoms with Crippen molar-refractivity contribution < 1.29 is 4.39 Å². The van der Waals surface area contributed by atoms with Gasteiger partial charge in [0.1, 0.15) is 5.82 Å². The van der Waals surface area contributed by atoms with Crippen molar-refractivity contribution in [1.82, 2.24) is 10.6 Å². The SMILES string of the molecule is CCNC(=NCC1(c2ccc(F)cc2)CCC1)NC1CC1.I. The van der Waals surface area contributed by atoms with Crippen LogP contribution in [0.4, 0.5) is 4.39 Å². The number of guanidine groups is 1. The molecule has 1 aromatic carbocycles. The average Bonchev–Trinajstić information content (AvgIpc) is 3.23. The van der Waals surface area contributed by atoms with E-state index >= 15 is 0 Å². The molecule has 0 unspecified atom stereocenters. The summed E-state index contributed by atoms with van der Waals surface area (Å²) in [6.07, 6.45) is 6.01. The summed E-state index contributed by atoms with van der Waals surface area (Å²) in [7, 11) is 0. The lowest BCUT2D eigenvalue weighted by Gasteiger charge is -2.41. The molecule has 1 aromatic rings. The molecule has 0 spiro atoms. The summed E-state index contributed by atoms with van der Waals surface area (Å²) < 4.78 is 13.1. The first-order valence-electron chi connectivity index (χ1n) is 8.03. The quantitative estimate of drug-likeness (QED) is 0.437. The average molecular weight is 417 g/mol. The fraction of sp³-hybridized carbons (Fsp3) is 0.588. The van der Waals surface area contributed by atoms with Crippen LogP contribution in [0.15, 0.2) is 29.3 Å². The van der Waals surface area contributed by atoms with E-state index in [2.05, 4.69) is 17.6 Å². The molecule has 0 aliphatic heterocycles. The topological polar surface area (TPSA) is 36.4 Å². The van der Waals surface area contributed by atoms with Crippen LogP contribution in [0.3, 0.4) is 0 Å². The molecule has 2 N–H and O–H groups in total. The van der Waals surface area contributed by atoms with Crippen molar-refractivity contribution in [1.29, 1.82) is 0 Å². The van der Waals surface area contributed by atoms with Crippen LogP contribution in [0.5, 0.6) is 0 Å². The summed E-state index contributed by atoms with van der Waals surface area (Å²) in [5, 5.41) is 6.77. The summed E-state index contributed by atoms with van der Waals surface area (Å²) in [6.45, 7) is 3.74. The molecule has 2 fully saturated rings. The Labute approximate surface area is 149 Å². The van der Waals surface area contributed by atoms with E-state index in [-0.39, 0.29) is 35.2 Å². The maximum atomic E-state index is 13.1. The van der Waals surface area contributed by atoms with Crippen LogP contribution >= 0.6 is 24.0 Å². The van der Waals surface area contributed by atoms with Crippen molar-refractivity contribution in [2.75, 3.05) is 13.1 Å². The molecule has 0 aromatic heterocycles. The summed E-state index contributed by atoms with van der Waals surface area (Å²) in [5.41, 5.74) is 1.33. The fourth-order valence-corrected chi connectivity index (χ4v) is 2.92. The lowest BCUT2D eigenvalue weighted by Crippen LogP contribution is -2.42. The summed E-state index contributed by atoms with van der Waals surface area (Å²) in [4.78, 5) is 4.79. The highest BCUT2D eigenvalue weighted by molar-refractivity contribution is 14.0. The highest BCUT2D eigenvalue weighted by Gasteiger charge is 2.38. The first-order chi connectivity index (χ1) is 10.2. The predicted octanol–water partition coefficient (Wildman–Crippen LogP) is 3.58. The van der Waals surface area contributed by atoms with Crippen LogP contribution in [-0.2, 0) is 5.41 Å². The molecule has 2 saturated carbocycles. The van der Waals surface area contributed by atoms with E-state index in [0.29, 0.717) is 6.04 Å². The minimum atomic E-state index is -0.166. The van der Waals surface area contributed by atoms with E-state index in [4.69, 9.17) is 4.99 Å². The highest BCUT2D eigenvalue weighted by atomic mass is 127. The van der Waals surface area contributed by atoms with Crippen molar-refractivity contribution in [3.8, 4) is 0 Å². The molecular formula is C17H25FIN3. The third-order valence-electron chi connectivity index (χ3n) is 4.57. The number of nitrogens with one attached hydrogen (secondary N) is 2. The zero-order valence-electron chi connectivity index (χ0n) is 13.1.